The Labute approximate surface area is 165 Å². The van der Waals surface area contributed by atoms with E-state index in [2.05, 4.69) is 20.5 Å². The van der Waals surface area contributed by atoms with Crippen molar-refractivity contribution < 1.29 is 18.0 Å². The molecule has 3 aromatic rings. The highest BCUT2D eigenvalue weighted by Gasteiger charge is 2.31. The zero-order valence-electron chi connectivity index (χ0n) is 16.1. The van der Waals surface area contributed by atoms with Crippen LogP contribution in [0.15, 0.2) is 18.2 Å². The zero-order valence-corrected chi connectivity index (χ0v) is 16.1. The van der Waals surface area contributed by atoms with Crippen LogP contribution in [0, 0.1) is 0 Å². The zero-order chi connectivity index (χ0) is 20.6. The van der Waals surface area contributed by atoms with Gasteiger partial charge in [0.05, 0.1) is 28.8 Å². The maximum Gasteiger partial charge on any atom is 0.416 e. The Bertz CT molecular complexity index is 1050. The third-order valence-corrected chi connectivity index (χ3v) is 5.48. The molecule has 1 amide bonds. The van der Waals surface area contributed by atoms with Gasteiger partial charge in [-0.15, -0.1) is 0 Å². The number of nitrogens with one attached hydrogen (secondary N) is 2. The molecule has 0 unspecified atom stereocenters. The minimum absolute atomic E-state index is 0.138. The van der Waals surface area contributed by atoms with Gasteiger partial charge in [0.25, 0.3) is 0 Å². The Morgan fingerprint density at radius 1 is 1.28 bits per heavy atom. The van der Waals surface area contributed by atoms with Crippen LogP contribution in [-0.2, 0) is 43.8 Å². The molecular weight excluding hydrogens is 383 g/mol. The summed E-state index contributed by atoms with van der Waals surface area (Å²) in [6.45, 7) is 0.157. The van der Waals surface area contributed by atoms with E-state index in [4.69, 9.17) is 0 Å². The number of halogens is 3. The van der Waals surface area contributed by atoms with Gasteiger partial charge in [0, 0.05) is 25.6 Å². The lowest BCUT2D eigenvalue weighted by molar-refractivity contribution is -0.137. The summed E-state index contributed by atoms with van der Waals surface area (Å²) in [5.74, 6) is 0.366. The predicted octanol–water partition coefficient (Wildman–Crippen LogP) is 3.44. The topological polar surface area (TPSA) is 75.6 Å². The van der Waals surface area contributed by atoms with Crippen LogP contribution in [-0.4, -0.2) is 25.7 Å². The number of rotatable bonds is 5. The van der Waals surface area contributed by atoms with E-state index in [1.165, 1.54) is 17.3 Å². The first-order valence-corrected chi connectivity index (χ1v) is 9.67. The van der Waals surface area contributed by atoms with Crippen LogP contribution in [0.5, 0.6) is 0 Å². The molecule has 2 heterocycles. The molecule has 0 atom stereocenters. The summed E-state index contributed by atoms with van der Waals surface area (Å²) >= 11 is 0. The SMILES string of the molecule is Cn1c(CNC(=O)CCc2n[nH]c3c2CCCC3)nc2cc(C(F)(F)F)ccc21. The van der Waals surface area contributed by atoms with E-state index in [-0.39, 0.29) is 18.0 Å². The van der Waals surface area contributed by atoms with E-state index in [9.17, 15) is 18.0 Å². The number of hydrogen-bond donors (Lipinski definition) is 2. The van der Waals surface area contributed by atoms with Crippen LogP contribution in [0.2, 0.25) is 0 Å². The van der Waals surface area contributed by atoms with E-state index >= 15 is 0 Å². The minimum Gasteiger partial charge on any atom is -0.349 e. The summed E-state index contributed by atoms with van der Waals surface area (Å²) in [4.78, 5) is 16.5. The van der Waals surface area contributed by atoms with Crippen LogP contribution in [0.25, 0.3) is 11.0 Å². The summed E-state index contributed by atoms with van der Waals surface area (Å²) in [6, 6.07) is 3.47. The molecule has 29 heavy (non-hydrogen) atoms. The summed E-state index contributed by atoms with van der Waals surface area (Å²) in [5, 5.41) is 10.2. The molecule has 1 aromatic carbocycles. The number of alkyl halides is 3. The summed E-state index contributed by atoms with van der Waals surface area (Å²) in [7, 11) is 1.72. The highest BCUT2D eigenvalue weighted by atomic mass is 19.4. The van der Waals surface area contributed by atoms with Crippen molar-refractivity contribution in [2.45, 2.75) is 51.2 Å². The molecule has 1 aliphatic carbocycles. The van der Waals surface area contributed by atoms with Crippen molar-refractivity contribution in [2.24, 2.45) is 7.05 Å². The molecule has 154 valence electrons. The predicted molar refractivity (Wildman–Crippen MR) is 101 cm³/mol. The number of H-pyrrole nitrogens is 1. The number of aryl methyl sites for hydroxylation is 3. The van der Waals surface area contributed by atoms with Gasteiger partial charge in [-0.3, -0.25) is 9.89 Å². The molecule has 0 radical (unpaired) electrons. The molecular formula is C20H22F3N5O. The van der Waals surface area contributed by atoms with E-state index in [0.29, 0.717) is 24.2 Å². The first-order valence-electron chi connectivity index (χ1n) is 9.67. The average molecular weight is 405 g/mol. The second-order valence-corrected chi connectivity index (χ2v) is 7.40. The van der Waals surface area contributed by atoms with E-state index in [0.717, 1.165) is 43.5 Å². The molecule has 9 heteroatoms. The lowest BCUT2D eigenvalue weighted by Crippen LogP contribution is -2.24. The first kappa shape index (κ1) is 19.5. The molecule has 6 nitrogen and oxygen atoms in total. The van der Waals surface area contributed by atoms with Crippen molar-refractivity contribution in [3.8, 4) is 0 Å². The van der Waals surface area contributed by atoms with Crippen molar-refractivity contribution >= 4 is 16.9 Å². The maximum atomic E-state index is 12.9. The Morgan fingerprint density at radius 2 is 2.07 bits per heavy atom. The number of imidazole rings is 1. The number of carbonyl (C=O) groups excluding carboxylic acids is 1. The van der Waals surface area contributed by atoms with Crippen molar-refractivity contribution in [3.05, 3.63) is 46.5 Å². The molecule has 0 aliphatic heterocycles. The molecule has 0 saturated carbocycles. The van der Waals surface area contributed by atoms with Crippen molar-refractivity contribution in [2.75, 3.05) is 0 Å². The normalized spacial score (nSPS) is 14.2. The number of carbonyl (C=O) groups is 1. The second kappa shape index (κ2) is 7.53. The first-order chi connectivity index (χ1) is 13.8. The minimum atomic E-state index is -4.41. The average Bonchev–Trinajstić information content (AvgIpc) is 3.25. The molecule has 4 rings (SSSR count). The van der Waals surface area contributed by atoms with Gasteiger partial charge in [0.15, 0.2) is 0 Å². The smallest absolute Gasteiger partial charge is 0.349 e. The van der Waals surface area contributed by atoms with Crippen molar-refractivity contribution in [1.82, 2.24) is 25.1 Å². The number of aromatic nitrogens is 4. The van der Waals surface area contributed by atoms with Gasteiger partial charge in [0.1, 0.15) is 5.82 Å². The van der Waals surface area contributed by atoms with Gasteiger partial charge < -0.3 is 9.88 Å². The summed E-state index contributed by atoms with van der Waals surface area (Å²) in [5.41, 5.74) is 3.50. The van der Waals surface area contributed by atoms with Gasteiger partial charge in [-0.2, -0.15) is 18.3 Å². The van der Waals surface area contributed by atoms with Crippen LogP contribution in [0.1, 0.15) is 47.6 Å². The maximum absolute atomic E-state index is 12.9. The number of fused-ring (bicyclic) bond motifs is 2. The van der Waals surface area contributed by atoms with Crippen LogP contribution in [0.4, 0.5) is 13.2 Å². The lowest BCUT2D eigenvalue weighted by atomic mass is 9.95. The number of nitrogens with zero attached hydrogens (tertiary/aromatic N) is 3. The van der Waals surface area contributed by atoms with Gasteiger partial charge in [-0.05, 0) is 49.4 Å². The molecule has 2 N–H and O–H groups in total. The highest BCUT2D eigenvalue weighted by Crippen LogP contribution is 2.31. The van der Waals surface area contributed by atoms with Crippen LogP contribution >= 0.6 is 0 Å². The lowest BCUT2D eigenvalue weighted by Gasteiger charge is -2.11. The monoisotopic (exact) mass is 405 g/mol. The molecule has 2 aromatic heterocycles. The van der Waals surface area contributed by atoms with Crippen LogP contribution in [0.3, 0.4) is 0 Å². The fourth-order valence-electron chi connectivity index (χ4n) is 3.84. The number of aromatic amines is 1. The summed E-state index contributed by atoms with van der Waals surface area (Å²) in [6.07, 6.45) is 0.784. The molecule has 0 saturated heterocycles. The number of hydrogen-bond acceptors (Lipinski definition) is 3. The third-order valence-electron chi connectivity index (χ3n) is 5.48. The van der Waals surface area contributed by atoms with Gasteiger partial charge in [-0.1, -0.05) is 0 Å². The molecule has 0 bridgehead atoms. The standard InChI is InChI=1S/C20H22F3N5O/c1-28-17-8-6-12(20(21,22)23)10-16(17)25-18(28)11-24-19(29)9-7-15-13-4-2-3-5-14(13)26-27-15/h6,8,10H,2-5,7,9,11H2,1H3,(H,24,29)(H,26,27). The highest BCUT2D eigenvalue weighted by molar-refractivity contribution is 5.78. The van der Waals surface area contributed by atoms with Crippen molar-refractivity contribution in [3.63, 3.8) is 0 Å². The number of benzene rings is 1. The second-order valence-electron chi connectivity index (χ2n) is 7.40. The van der Waals surface area contributed by atoms with Gasteiger partial charge in [0.2, 0.25) is 5.91 Å². The fraction of sp³-hybridized carbons (Fsp3) is 0.450. The van der Waals surface area contributed by atoms with Gasteiger partial charge >= 0.3 is 6.18 Å². The Hall–Kier alpha value is -2.84. The van der Waals surface area contributed by atoms with Gasteiger partial charge in [-0.25, -0.2) is 4.98 Å². The quantitative estimate of drug-likeness (QED) is 0.683. The fourth-order valence-corrected chi connectivity index (χ4v) is 3.84. The number of amides is 1. The van der Waals surface area contributed by atoms with E-state index < -0.39 is 11.7 Å². The molecule has 0 spiro atoms. The van der Waals surface area contributed by atoms with E-state index in [1.54, 1.807) is 11.6 Å². The summed E-state index contributed by atoms with van der Waals surface area (Å²) < 4.78 is 40.3. The Kier molecular flexibility index (Phi) is 5.06. The third kappa shape index (κ3) is 3.99. The Balaban J connectivity index is 1.38. The molecule has 0 fully saturated rings. The Morgan fingerprint density at radius 3 is 2.86 bits per heavy atom. The largest absolute Gasteiger partial charge is 0.416 e. The van der Waals surface area contributed by atoms with E-state index in [1.807, 2.05) is 0 Å². The molecule has 1 aliphatic rings. The van der Waals surface area contributed by atoms with Crippen LogP contribution < -0.4 is 5.32 Å². The van der Waals surface area contributed by atoms with Crippen molar-refractivity contribution in [1.29, 1.82) is 0 Å².